The third kappa shape index (κ3) is 2.65. The Morgan fingerprint density at radius 2 is 2.00 bits per heavy atom. The number of fused-ring (bicyclic) bond motifs is 1. The van der Waals surface area contributed by atoms with E-state index in [9.17, 15) is 13.6 Å². The van der Waals surface area contributed by atoms with Gasteiger partial charge >= 0.3 is 0 Å². The Kier molecular flexibility index (Phi) is 3.43. The van der Waals surface area contributed by atoms with Gasteiger partial charge in [-0.2, -0.15) is 0 Å². The van der Waals surface area contributed by atoms with Gasteiger partial charge in [0.1, 0.15) is 5.69 Å². The number of halogens is 2. The van der Waals surface area contributed by atoms with Crippen LogP contribution in [-0.4, -0.2) is 22.0 Å². The number of amides is 1. The number of carbonyl (C=O) groups excluding carboxylic acids is 1. The second kappa shape index (κ2) is 5.40. The first kappa shape index (κ1) is 13.4. The molecule has 3 aromatic rings. The summed E-state index contributed by atoms with van der Waals surface area (Å²) in [6, 6.07) is 7.55. The van der Waals surface area contributed by atoms with Crippen molar-refractivity contribution in [1.29, 1.82) is 0 Å². The number of rotatable bonds is 4. The van der Waals surface area contributed by atoms with Crippen LogP contribution in [0.2, 0.25) is 0 Å². The molecule has 1 amide bonds. The third-order valence-electron chi connectivity index (χ3n) is 3.26. The van der Waals surface area contributed by atoms with Crippen LogP contribution in [0, 0.1) is 11.6 Å². The Balaban J connectivity index is 1.71. The minimum atomic E-state index is -0.949. The Morgan fingerprint density at radius 3 is 2.76 bits per heavy atom. The molecule has 0 unspecified atom stereocenters. The molecular weight excluding hydrogens is 276 g/mol. The molecular formula is C15H13F2N3O. The quantitative estimate of drug-likeness (QED) is 0.762. The van der Waals surface area contributed by atoms with E-state index < -0.39 is 11.6 Å². The van der Waals surface area contributed by atoms with Gasteiger partial charge < -0.3 is 14.9 Å². The molecule has 2 aromatic heterocycles. The van der Waals surface area contributed by atoms with Crippen molar-refractivity contribution < 1.29 is 13.6 Å². The van der Waals surface area contributed by atoms with Crippen molar-refractivity contribution in [3.8, 4) is 0 Å². The van der Waals surface area contributed by atoms with Gasteiger partial charge in [-0.05, 0) is 30.3 Å². The van der Waals surface area contributed by atoms with Crippen molar-refractivity contribution in [1.82, 2.24) is 14.9 Å². The van der Waals surface area contributed by atoms with Crippen LogP contribution in [0.25, 0.3) is 10.9 Å². The smallest absolute Gasteiger partial charge is 0.267 e. The van der Waals surface area contributed by atoms with E-state index in [0.717, 1.165) is 6.07 Å². The van der Waals surface area contributed by atoms with Gasteiger partial charge in [0.25, 0.3) is 5.91 Å². The van der Waals surface area contributed by atoms with Crippen molar-refractivity contribution in [2.75, 3.05) is 6.54 Å². The van der Waals surface area contributed by atoms with E-state index >= 15 is 0 Å². The predicted molar refractivity (Wildman–Crippen MR) is 75.0 cm³/mol. The number of hydrogen-bond donors (Lipinski definition) is 2. The fourth-order valence-corrected chi connectivity index (χ4v) is 2.18. The summed E-state index contributed by atoms with van der Waals surface area (Å²) in [5.41, 5.74) is 0.603. The minimum Gasteiger partial charge on any atom is -0.353 e. The number of nitrogens with one attached hydrogen (secondary N) is 2. The zero-order valence-corrected chi connectivity index (χ0v) is 11.1. The van der Waals surface area contributed by atoms with Crippen molar-refractivity contribution in [2.24, 2.45) is 0 Å². The molecule has 1 aromatic carbocycles. The molecule has 0 saturated carbocycles. The molecule has 2 heterocycles. The second-order valence-electron chi connectivity index (χ2n) is 4.68. The second-order valence-corrected chi connectivity index (χ2v) is 4.68. The fourth-order valence-electron chi connectivity index (χ4n) is 2.18. The molecule has 0 fully saturated rings. The molecule has 0 bridgehead atoms. The molecule has 3 rings (SSSR count). The van der Waals surface area contributed by atoms with Gasteiger partial charge in [0.15, 0.2) is 11.6 Å². The molecule has 108 valence electrons. The van der Waals surface area contributed by atoms with Crippen molar-refractivity contribution >= 4 is 16.8 Å². The lowest BCUT2D eigenvalue weighted by Crippen LogP contribution is -2.27. The van der Waals surface area contributed by atoms with Gasteiger partial charge in [-0.25, -0.2) is 8.78 Å². The topological polar surface area (TPSA) is 49.8 Å². The summed E-state index contributed by atoms with van der Waals surface area (Å²) in [5, 5.41) is 2.80. The summed E-state index contributed by atoms with van der Waals surface area (Å²) in [6.45, 7) is 1.08. The van der Waals surface area contributed by atoms with E-state index in [4.69, 9.17) is 0 Å². The number of H-pyrrole nitrogens is 1. The maximum absolute atomic E-state index is 13.6. The van der Waals surface area contributed by atoms with Gasteiger partial charge in [-0.1, -0.05) is 0 Å². The molecule has 21 heavy (non-hydrogen) atoms. The predicted octanol–water partition coefficient (Wildman–Crippen LogP) is 2.68. The lowest BCUT2D eigenvalue weighted by Gasteiger charge is -2.04. The summed E-state index contributed by atoms with van der Waals surface area (Å²) >= 11 is 0. The summed E-state index contributed by atoms with van der Waals surface area (Å²) in [5.74, 6) is -2.23. The van der Waals surface area contributed by atoms with Crippen LogP contribution in [0.3, 0.4) is 0 Å². The van der Waals surface area contributed by atoms with Crippen LogP contribution in [0.15, 0.2) is 42.7 Å². The van der Waals surface area contributed by atoms with Crippen molar-refractivity contribution in [2.45, 2.75) is 6.54 Å². The first-order chi connectivity index (χ1) is 10.1. The van der Waals surface area contributed by atoms with Crippen LogP contribution >= 0.6 is 0 Å². The van der Waals surface area contributed by atoms with E-state index in [-0.39, 0.29) is 17.0 Å². The average Bonchev–Trinajstić information content (AvgIpc) is 3.12. The maximum atomic E-state index is 13.6. The number of nitrogens with zero attached hydrogens (tertiary/aromatic N) is 1. The first-order valence-electron chi connectivity index (χ1n) is 6.51. The summed E-state index contributed by atoms with van der Waals surface area (Å²) in [6.07, 6.45) is 3.79. The highest BCUT2D eigenvalue weighted by Crippen LogP contribution is 2.21. The highest BCUT2D eigenvalue weighted by atomic mass is 19.2. The van der Waals surface area contributed by atoms with E-state index in [1.165, 1.54) is 12.1 Å². The van der Waals surface area contributed by atoms with Crippen LogP contribution < -0.4 is 5.32 Å². The van der Waals surface area contributed by atoms with E-state index in [2.05, 4.69) is 10.3 Å². The minimum absolute atomic E-state index is 0.0746. The van der Waals surface area contributed by atoms with Gasteiger partial charge in [0.05, 0.1) is 0 Å². The molecule has 0 atom stereocenters. The van der Waals surface area contributed by atoms with E-state index in [1.54, 1.807) is 0 Å². The molecule has 2 N–H and O–H groups in total. The molecule has 0 spiro atoms. The summed E-state index contributed by atoms with van der Waals surface area (Å²) in [4.78, 5) is 14.8. The third-order valence-corrected chi connectivity index (χ3v) is 3.26. The fraction of sp³-hybridized carbons (Fsp3) is 0.133. The van der Waals surface area contributed by atoms with E-state index in [1.807, 2.05) is 29.1 Å². The number of benzene rings is 1. The lowest BCUT2D eigenvalue weighted by atomic mass is 10.2. The molecule has 0 saturated heterocycles. The van der Waals surface area contributed by atoms with Gasteiger partial charge in [0, 0.05) is 36.4 Å². The molecule has 0 aliphatic rings. The van der Waals surface area contributed by atoms with Crippen molar-refractivity contribution in [3.05, 3.63) is 60.1 Å². The van der Waals surface area contributed by atoms with Gasteiger partial charge in [-0.15, -0.1) is 0 Å². The van der Waals surface area contributed by atoms with Crippen LogP contribution in [0.1, 0.15) is 10.5 Å². The van der Waals surface area contributed by atoms with Crippen LogP contribution in [0.5, 0.6) is 0 Å². The normalized spacial score (nSPS) is 11.0. The lowest BCUT2D eigenvalue weighted by molar-refractivity contribution is 0.0948. The van der Waals surface area contributed by atoms with Crippen LogP contribution in [-0.2, 0) is 6.54 Å². The Bertz CT molecular complexity index is 778. The highest BCUT2D eigenvalue weighted by molar-refractivity contribution is 5.98. The maximum Gasteiger partial charge on any atom is 0.267 e. The zero-order valence-electron chi connectivity index (χ0n) is 11.1. The van der Waals surface area contributed by atoms with Crippen LogP contribution in [0.4, 0.5) is 8.78 Å². The molecule has 6 heteroatoms. The summed E-state index contributed by atoms with van der Waals surface area (Å²) in [7, 11) is 0. The average molecular weight is 289 g/mol. The summed E-state index contributed by atoms with van der Waals surface area (Å²) < 4.78 is 28.6. The van der Waals surface area contributed by atoms with E-state index in [0.29, 0.717) is 18.6 Å². The largest absolute Gasteiger partial charge is 0.353 e. The Morgan fingerprint density at radius 1 is 1.24 bits per heavy atom. The number of hydrogen-bond acceptors (Lipinski definition) is 1. The SMILES string of the molecule is O=C(NCCn1cccc1)c1cc2c(F)c(F)ccc2[nH]1. The van der Waals surface area contributed by atoms with Gasteiger partial charge in [-0.3, -0.25) is 4.79 Å². The molecule has 0 radical (unpaired) electrons. The Hall–Kier alpha value is -2.63. The molecule has 0 aliphatic carbocycles. The zero-order chi connectivity index (χ0) is 14.8. The number of carbonyl (C=O) groups is 1. The number of aromatic nitrogens is 2. The van der Waals surface area contributed by atoms with Gasteiger partial charge in [0.2, 0.25) is 0 Å². The molecule has 4 nitrogen and oxygen atoms in total. The molecule has 0 aliphatic heterocycles. The van der Waals surface area contributed by atoms with Crippen molar-refractivity contribution in [3.63, 3.8) is 0 Å². The Labute approximate surface area is 119 Å². The first-order valence-corrected chi connectivity index (χ1v) is 6.51. The highest BCUT2D eigenvalue weighted by Gasteiger charge is 2.13. The number of aromatic amines is 1. The monoisotopic (exact) mass is 289 g/mol. The standard InChI is InChI=1S/C15H13F2N3O/c16-11-3-4-12-10(14(11)17)9-13(19-12)15(21)18-5-8-20-6-1-2-7-20/h1-4,6-7,9,19H,5,8H2,(H,18,21).